The van der Waals surface area contributed by atoms with Crippen molar-refractivity contribution >= 4 is 11.8 Å². The first-order valence-corrected chi connectivity index (χ1v) is 6.46. The summed E-state index contributed by atoms with van der Waals surface area (Å²) in [6.45, 7) is 2.47. The van der Waals surface area contributed by atoms with Gasteiger partial charge in [-0.3, -0.25) is 19.8 Å². The zero-order valence-electron chi connectivity index (χ0n) is 11.6. The van der Waals surface area contributed by atoms with Gasteiger partial charge in [0.05, 0.1) is 26.2 Å². The summed E-state index contributed by atoms with van der Waals surface area (Å²) in [5.74, 6) is 0.999. The molecular formula is C14H18N2O4. The van der Waals surface area contributed by atoms with Gasteiger partial charge < -0.3 is 9.47 Å². The largest absolute Gasteiger partial charge is 0.497 e. The monoisotopic (exact) mass is 278 g/mol. The number of rotatable bonds is 5. The van der Waals surface area contributed by atoms with Crippen molar-refractivity contribution in [1.82, 2.24) is 10.2 Å². The highest BCUT2D eigenvalue weighted by Crippen LogP contribution is 2.17. The number of hydrogen-bond donors (Lipinski definition) is 1. The second kappa shape index (κ2) is 6.38. The summed E-state index contributed by atoms with van der Waals surface area (Å²) >= 11 is 0. The minimum Gasteiger partial charge on any atom is -0.497 e. The van der Waals surface area contributed by atoms with Gasteiger partial charge in [0, 0.05) is 0 Å². The molecule has 0 spiro atoms. The van der Waals surface area contributed by atoms with Crippen LogP contribution in [-0.2, 0) is 9.59 Å². The van der Waals surface area contributed by atoms with E-state index in [0.29, 0.717) is 5.75 Å². The third-order valence-corrected chi connectivity index (χ3v) is 3.14. The second-order valence-electron chi connectivity index (χ2n) is 4.51. The molecule has 20 heavy (non-hydrogen) atoms. The number of benzene rings is 1. The van der Waals surface area contributed by atoms with E-state index in [1.54, 1.807) is 38.3 Å². The van der Waals surface area contributed by atoms with Gasteiger partial charge in [0.1, 0.15) is 18.1 Å². The molecule has 1 unspecified atom stereocenters. The van der Waals surface area contributed by atoms with Gasteiger partial charge >= 0.3 is 0 Å². The van der Waals surface area contributed by atoms with Crippen molar-refractivity contribution in [3.8, 4) is 11.5 Å². The van der Waals surface area contributed by atoms with Crippen molar-refractivity contribution in [3.63, 3.8) is 0 Å². The molecule has 1 aromatic rings. The van der Waals surface area contributed by atoms with Crippen LogP contribution in [0.4, 0.5) is 0 Å². The Bertz CT molecular complexity index is 486. The molecule has 0 saturated carbocycles. The molecule has 2 amide bonds. The topological polar surface area (TPSA) is 67.9 Å². The van der Waals surface area contributed by atoms with E-state index in [9.17, 15) is 9.59 Å². The number of carbonyl (C=O) groups is 2. The molecule has 1 heterocycles. The Morgan fingerprint density at radius 1 is 1.25 bits per heavy atom. The molecule has 6 nitrogen and oxygen atoms in total. The molecule has 2 rings (SSSR count). The summed E-state index contributed by atoms with van der Waals surface area (Å²) in [4.78, 5) is 24.7. The number of nitrogens with one attached hydrogen (secondary N) is 1. The predicted octanol–water partition coefficient (Wildman–Crippen LogP) is 0.421. The van der Waals surface area contributed by atoms with E-state index in [1.807, 2.05) is 0 Å². The fourth-order valence-corrected chi connectivity index (χ4v) is 1.94. The number of hydrogen-bond acceptors (Lipinski definition) is 5. The number of methoxy groups -OCH3 is 1. The highest BCUT2D eigenvalue weighted by atomic mass is 16.5. The summed E-state index contributed by atoms with van der Waals surface area (Å²) in [7, 11) is 1.60. The molecule has 1 N–H and O–H groups in total. The molecule has 1 saturated heterocycles. The molecule has 6 heteroatoms. The van der Waals surface area contributed by atoms with Crippen LogP contribution >= 0.6 is 0 Å². The smallest absolute Gasteiger partial charge is 0.246 e. The van der Waals surface area contributed by atoms with Crippen molar-refractivity contribution in [2.45, 2.75) is 13.0 Å². The lowest BCUT2D eigenvalue weighted by atomic mass is 10.2. The van der Waals surface area contributed by atoms with Gasteiger partial charge in [0.15, 0.2) is 0 Å². The third-order valence-electron chi connectivity index (χ3n) is 3.14. The maximum absolute atomic E-state index is 11.8. The zero-order valence-corrected chi connectivity index (χ0v) is 11.6. The van der Waals surface area contributed by atoms with E-state index < -0.39 is 0 Å². The van der Waals surface area contributed by atoms with Gasteiger partial charge in [0.25, 0.3) is 0 Å². The predicted molar refractivity (Wildman–Crippen MR) is 72.7 cm³/mol. The van der Waals surface area contributed by atoms with Gasteiger partial charge in [-0.25, -0.2) is 0 Å². The minimum atomic E-state index is -0.325. The lowest BCUT2D eigenvalue weighted by Gasteiger charge is -2.29. The molecule has 0 aromatic heterocycles. The molecule has 1 aliphatic rings. The number of imide groups is 1. The van der Waals surface area contributed by atoms with Crippen LogP contribution in [0.1, 0.15) is 6.92 Å². The molecule has 108 valence electrons. The Morgan fingerprint density at radius 3 is 2.55 bits per heavy atom. The van der Waals surface area contributed by atoms with Crippen molar-refractivity contribution < 1.29 is 19.1 Å². The Labute approximate surface area is 117 Å². The van der Waals surface area contributed by atoms with E-state index in [1.165, 1.54) is 4.90 Å². The average Bonchev–Trinajstić information content (AvgIpc) is 2.47. The number of ether oxygens (including phenoxy) is 2. The molecule has 0 bridgehead atoms. The minimum absolute atomic E-state index is 0.190. The van der Waals surface area contributed by atoms with E-state index >= 15 is 0 Å². The third kappa shape index (κ3) is 3.27. The Hall–Kier alpha value is -2.08. The first kappa shape index (κ1) is 14.3. The van der Waals surface area contributed by atoms with Crippen LogP contribution in [0.15, 0.2) is 24.3 Å². The van der Waals surface area contributed by atoms with Crippen LogP contribution in [0.25, 0.3) is 0 Å². The summed E-state index contributed by atoms with van der Waals surface area (Å²) in [5, 5.41) is 2.84. The molecule has 1 atom stereocenters. The standard InChI is InChI=1S/C14H18N2O4/c1-10-14(18)16(13(17)9-15-10)7-8-20-12-5-3-11(19-2)4-6-12/h3-6,10,15H,7-9H2,1-2H3. The Morgan fingerprint density at radius 2 is 1.90 bits per heavy atom. The van der Waals surface area contributed by atoms with E-state index in [4.69, 9.17) is 9.47 Å². The summed E-state index contributed by atoms with van der Waals surface area (Å²) in [6, 6.07) is 6.82. The van der Waals surface area contributed by atoms with Gasteiger partial charge in [-0.05, 0) is 31.2 Å². The number of nitrogens with zero attached hydrogens (tertiary/aromatic N) is 1. The SMILES string of the molecule is COc1ccc(OCCN2C(=O)CNC(C)C2=O)cc1. The average molecular weight is 278 g/mol. The number of amides is 2. The van der Waals surface area contributed by atoms with Crippen molar-refractivity contribution in [1.29, 1.82) is 0 Å². The fourth-order valence-electron chi connectivity index (χ4n) is 1.94. The van der Waals surface area contributed by atoms with Crippen LogP contribution in [0.5, 0.6) is 11.5 Å². The highest BCUT2D eigenvalue weighted by molar-refractivity contribution is 6.00. The van der Waals surface area contributed by atoms with Crippen LogP contribution in [0, 0.1) is 0 Å². The maximum atomic E-state index is 11.8. The molecule has 1 aromatic carbocycles. The molecular weight excluding hydrogens is 260 g/mol. The molecule has 1 fully saturated rings. The van der Waals surface area contributed by atoms with Crippen molar-refractivity contribution in [2.75, 3.05) is 26.8 Å². The number of carbonyl (C=O) groups excluding carboxylic acids is 2. The maximum Gasteiger partial charge on any atom is 0.246 e. The van der Waals surface area contributed by atoms with Gasteiger partial charge in [-0.1, -0.05) is 0 Å². The van der Waals surface area contributed by atoms with Crippen molar-refractivity contribution in [2.24, 2.45) is 0 Å². The Balaban J connectivity index is 1.85. The Kier molecular flexibility index (Phi) is 4.57. The summed E-state index contributed by atoms with van der Waals surface area (Å²) in [6.07, 6.45) is 0. The van der Waals surface area contributed by atoms with Gasteiger partial charge in [0.2, 0.25) is 11.8 Å². The summed E-state index contributed by atoms with van der Waals surface area (Å²) in [5.41, 5.74) is 0. The fraction of sp³-hybridized carbons (Fsp3) is 0.429. The molecule has 0 aliphatic carbocycles. The van der Waals surface area contributed by atoms with Crippen LogP contribution in [0.3, 0.4) is 0 Å². The van der Waals surface area contributed by atoms with Crippen LogP contribution in [-0.4, -0.2) is 49.6 Å². The lowest BCUT2D eigenvalue weighted by Crippen LogP contribution is -2.57. The van der Waals surface area contributed by atoms with Crippen LogP contribution < -0.4 is 14.8 Å². The van der Waals surface area contributed by atoms with Gasteiger partial charge in [-0.15, -0.1) is 0 Å². The number of piperazine rings is 1. The van der Waals surface area contributed by atoms with Crippen LogP contribution in [0.2, 0.25) is 0 Å². The first-order valence-electron chi connectivity index (χ1n) is 6.46. The zero-order chi connectivity index (χ0) is 14.5. The quantitative estimate of drug-likeness (QED) is 0.791. The van der Waals surface area contributed by atoms with E-state index in [2.05, 4.69) is 5.32 Å². The normalized spacial score (nSPS) is 19.1. The molecule has 1 aliphatic heterocycles. The van der Waals surface area contributed by atoms with Gasteiger partial charge in [-0.2, -0.15) is 0 Å². The second-order valence-corrected chi connectivity index (χ2v) is 4.51. The molecule has 0 radical (unpaired) electrons. The van der Waals surface area contributed by atoms with E-state index in [-0.39, 0.29) is 37.6 Å². The highest BCUT2D eigenvalue weighted by Gasteiger charge is 2.30. The lowest BCUT2D eigenvalue weighted by molar-refractivity contribution is -0.149. The van der Waals surface area contributed by atoms with E-state index in [0.717, 1.165) is 5.75 Å². The van der Waals surface area contributed by atoms with Crippen molar-refractivity contribution in [3.05, 3.63) is 24.3 Å². The first-order chi connectivity index (χ1) is 9.61. The summed E-state index contributed by atoms with van der Waals surface area (Å²) < 4.78 is 10.6.